The monoisotopic (exact) mass is 221 g/mol. The fraction of sp³-hybridized carbons (Fsp3) is 0.0909. The zero-order valence-corrected chi connectivity index (χ0v) is 8.76. The van der Waals surface area contributed by atoms with Gasteiger partial charge in [-0.2, -0.15) is 0 Å². The van der Waals surface area contributed by atoms with Gasteiger partial charge in [0.25, 0.3) is 5.56 Å². The van der Waals surface area contributed by atoms with Gasteiger partial charge in [-0.15, -0.1) is 0 Å². The summed E-state index contributed by atoms with van der Waals surface area (Å²) in [7, 11) is 0. The van der Waals surface area contributed by atoms with E-state index in [1.807, 2.05) is 6.07 Å². The Kier molecular flexibility index (Phi) is 2.32. The van der Waals surface area contributed by atoms with E-state index in [1.54, 1.807) is 19.1 Å². The Morgan fingerprint density at radius 1 is 1.40 bits per heavy atom. The van der Waals surface area contributed by atoms with Gasteiger partial charge >= 0.3 is 0 Å². The molecule has 0 fully saturated rings. The summed E-state index contributed by atoms with van der Waals surface area (Å²) in [6.45, 7) is 1.73. The molecule has 0 aliphatic carbocycles. The van der Waals surface area contributed by atoms with Gasteiger partial charge in [-0.05, 0) is 18.6 Å². The molecule has 1 aromatic heterocycles. The molecule has 0 saturated carbocycles. The van der Waals surface area contributed by atoms with Gasteiger partial charge < -0.3 is 4.98 Å². The number of para-hydroxylation sites is 1. The number of aldehydes is 1. The van der Waals surface area contributed by atoms with Crippen LogP contribution in [0.1, 0.15) is 15.9 Å². The third-order valence-electron chi connectivity index (χ3n) is 2.42. The first-order valence-corrected chi connectivity index (χ1v) is 4.79. The van der Waals surface area contributed by atoms with Gasteiger partial charge in [0, 0.05) is 5.39 Å². The van der Waals surface area contributed by atoms with Crippen LogP contribution < -0.4 is 5.56 Å². The summed E-state index contributed by atoms with van der Waals surface area (Å²) >= 11 is 5.94. The largest absolute Gasteiger partial charge is 0.320 e. The van der Waals surface area contributed by atoms with E-state index in [-0.39, 0.29) is 5.56 Å². The highest BCUT2D eigenvalue weighted by molar-refractivity contribution is 6.35. The SMILES string of the molecule is Cc1c(C=O)c(=O)[nH]c2c(Cl)cccc12. The van der Waals surface area contributed by atoms with Crippen molar-refractivity contribution < 1.29 is 4.79 Å². The molecule has 0 saturated heterocycles. The van der Waals surface area contributed by atoms with Crippen LogP contribution in [0, 0.1) is 6.92 Å². The van der Waals surface area contributed by atoms with Crippen LogP contribution in [0.3, 0.4) is 0 Å². The summed E-state index contributed by atoms with van der Waals surface area (Å²) < 4.78 is 0. The lowest BCUT2D eigenvalue weighted by molar-refractivity contribution is 0.112. The molecule has 0 aliphatic rings. The zero-order chi connectivity index (χ0) is 11.0. The molecule has 2 aromatic rings. The van der Waals surface area contributed by atoms with E-state index in [2.05, 4.69) is 4.98 Å². The second-order valence-corrected chi connectivity index (χ2v) is 3.68. The number of fused-ring (bicyclic) bond motifs is 1. The molecule has 0 unspecified atom stereocenters. The fourth-order valence-electron chi connectivity index (χ4n) is 1.60. The maximum atomic E-state index is 11.5. The maximum absolute atomic E-state index is 11.5. The van der Waals surface area contributed by atoms with Crippen molar-refractivity contribution in [3.63, 3.8) is 0 Å². The lowest BCUT2D eigenvalue weighted by atomic mass is 10.1. The van der Waals surface area contributed by atoms with Gasteiger partial charge in [0.2, 0.25) is 0 Å². The second-order valence-electron chi connectivity index (χ2n) is 3.27. The summed E-state index contributed by atoms with van der Waals surface area (Å²) in [6, 6.07) is 5.30. The number of carbonyl (C=O) groups excluding carboxylic acids is 1. The molecular formula is C11H8ClNO2. The molecule has 0 spiro atoms. The number of nitrogens with one attached hydrogen (secondary N) is 1. The van der Waals surface area contributed by atoms with Gasteiger partial charge in [-0.3, -0.25) is 9.59 Å². The average Bonchev–Trinajstić information content (AvgIpc) is 2.20. The maximum Gasteiger partial charge on any atom is 0.259 e. The molecule has 3 nitrogen and oxygen atoms in total. The number of carbonyl (C=O) groups is 1. The minimum atomic E-state index is -0.400. The van der Waals surface area contributed by atoms with Crippen LogP contribution in [0.5, 0.6) is 0 Å². The van der Waals surface area contributed by atoms with Crippen molar-refractivity contribution in [2.45, 2.75) is 6.92 Å². The number of benzene rings is 1. The number of halogens is 1. The van der Waals surface area contributed by atoms with Crippen molar-refractivity contribution in [3.05, 3.63) is 44.7 Å². The molecule has 1 aromatic carbocycles. The molecule has 15 heavy (non-hydrogen) atoms. The highest BCUT2D eigenvalue weighted by atomic mass is 35.5. The Hall–Kier alpha value is -1.61. The molecule has 0 amide bonds. The van der Waals surface area contributed by atoms with E-state index < -0.39 is 5.56 Å². The molecular weight excluding hydrogens is 214 g/mol. The summed E-state index contributed by atoms with van der Waals surface area (Å²) in [4.78, 5) is 24.8. The molecule has 4 heteroatoms. The zero-order valence-electron chi connectivity index (χ0n) is 8.00. The fourth-order valence-corrected chi connectivity index (χ4v) is 1.82. The Labute approximate surface area is 90.7 Å². The number of hydrogen-bond acceptors (Lipinski definition) is 2. The van der Waals surface area contributed by atoms with Crippen molar-refractivity contribution in [1.29, 1.82) is 0 Å². The van der Waals surface area contributed by atoms with Crippen molar-refractivity contribution in [3.8, 4) is 0 Å². The molecule has 1 N–H and O–H groups in total. The molecule has 0 aliphatic heterocycles. The number of aryl methyl sites for hydroxylation is 1. The predicted octanol–water partition coefficient (Wildman–Crippen LogP) is 2.30. The molecule has 2 rings (SSSR count). The number of aromatic amines is 1. The Morgan fingerprint density at radius 3 is 2.80 bits per heavy atom. The van der Waals surface area contributed by atoms with E-state index in [0.717, 1.165) is 5.39 Å². The number of hydrogen-bond donors (Lipinski definition) is 1. The van der Waals surface area contributed by atoms with Crippen molar-refractivity contribution in [2.75, 3.05) is 0 Å². The summed E-state index contributed by atoms with van der Waals surface area (Å²) in [5, 5.41) is 1.27. The number of H-pyrrole nitrogens is 1. The molecule has 0 atom stereocenters. The van der Waals surface area contributed by atoms with Crippen molar-refractivity contribution in [2.24, 2.45) is 0 Å². The third kappa shape index (κ3) is 1.45. The topological polar surface area (TPSA) is 49.9 Å². The van der Waals surface area contributed by atoms with E-state index in [1.165, 1.54) is 0 Å². The van der Waals surface area contributed by atoms with E-state index in [4.69, 9.17) is 11.6 Å². The highest BCUT2D eigenvalue weighted by Gasteiger charge is 2.09. The molecule has 0 bridgehead atoms. The third-order valence-corrected chi connectivity index (χ3v) is 2.74. The molecule has 76 valence electrons. The first-order chi connectivity index (χ1) is 7.15. The summed E-state index contributed by atoms with van der Waals surface area (Å²) in [5.41, 5.74) is 0.992. The van der Waals surface area contributed by atoms with E-state index >= 15 is 0 Å². The summed E-state index contributed by atoms with van der Waals surface area (Å²) in [5.74, 6) is 0. The highest BCUT2D eigenvalue weighted by Crippen LogP contribution is 2.23. The number of rotatable bonds is 1. The van der Waals surface area contributed by atoms with Gasteiger partial charge in [0.15, 0.2) is 6.29 Å². The predicted molar refractivity (Wildman–Crippen MR) is 59.7 cm³/mol. The van der Waals surface area contributed by atoms with Gasteiger partial charge in [0.1, 0.15) is 0 Å². The van der Waals surface area contributed by atoms with Crippen LogP contribution in [0.2, 0.25) is 5.02 Å². The molecule has 1 heterocycles. The van der Waals surface area contributed by atoms with Crippen molar-refractivity contribution in [1.82, 2.24) is 4.98 Å². The second kappa shape index (κ2) is 3.51. The van der Waals surface area contributed by atoms with Crippen LogP contribution in [-0.2, 0) is 0 Å². The normalized spacial score (nSPS) is 10.5. The summed E-state index contributed by atoms with van der Waals surface area (Å²) in [6.07, 6.45) is 0.564. The molecule has 0 radical (unpaired) electrons. The first kappa shape index (κ1) is 9.93. The van der Waals surface area contributed by atoms with E-state index in [0.29, 0.717) is 22.4 Å². The smallest absolute Gasteiger partial charge is 0.259 e. The van der Waals surface area contributed by atoms with Crippen LogP contribution in [0.15, 0.2) is 23.0 Å². The van der Waals surface area contributed by atoms with Gasteiger partial charge in [0.05, 0.1) is 16.1 Å². The van der Waals surface area contributed by atoms with Gasteiger partial charge in [-0.1, -0.05) is 23.7 Å². The van der Waals surface area contributed by atoms with Crippen LogP contribution in [0.25, 0.3) is 10.9 Å². The standard InChI is InChI=1S/C11H8ClNO2/c1-6-7-3-2-4-9(12)10(7)13-11(15)8(6)5-14/h2-5H,1H3,(H,13,15). The quantitative estimate of drug-likeness (QED) is 0.752. The number of aromatic nitrogens is 1. The van der Waals surface area contributed by atoms with Crippen LogP contribution in [0.4, 0.5) is 0 Å². The minimum absolute atomic E-state index is 0.157. The van der Waals surface area contributed by atoms with E-state index in [9.17, 15) is 9.59 Å². The Bertz CT molecular complexity index is 601. The Morgan fingerprint density at radius 2 is 2.13 bits per heavy atom. The minimum Gasteiger partial charge on any atom is -0.320 e. The van der Waals surface area contributed by atoms with Crippen molar-refractivity contribution >= 4 is 28.8 Å². The van der Waals surface area contributed by atoms with Gasteiger partial charge in [-0.25, -0.2) is 0 Å². The average molecular weight is 222 g/mol. The lowest BCUT2D eigenvalue weighted by Gasteiger charge is -2.05. The van der Waals surface area contributed by atoms with Crippen LogP contribution in [-0.4, -0.2) is 11.3 Å². The lowest BCUT2D eigenvalue weighted by Crippen LogP contribution is -2.14. The van der Waals surface area contributed by atoms with Crippen LogP contribution >= 0.6 is 11.6 Å². The Balaban J connectivity index is 3.04. The number of pyridine rings is 1. The first-order valence-electron chi connectivity index (χ1n) is 4.41.